The fourth-order valence-electron chi connectivity index (χ4n) is 2.86. The second-order valence-corrected chi connectivity index (χ2v) is 5.56. The van der Waals surface area contributed by atoms with Crippen LogP contribution in [-0.2, 0) is 0 Å². The van der Waals surface area contributed by atoms with Crippen LogP contribution in [0.25, 0.3) is 0 Å². The molecule has 1 heterocycles. The molecule has 1 aromatic carbocycles. The molecule has 1 aromatic rings. The van der Waals surface area contributed by atoms with Crippen LogP contribution in [0.1, 0.15) is 38.8 Å². The molecule has 0 amide bonds. The van der Waals surface area contributed by atoms with Crippen molar-refractivity contribution < 1.29 is 5.11 Å². The standard InChI is InChI=1S/C16H26N2O/c1-4-13(2)17-9-11-18(12-10-17)14(3)15-7-5-6-8-16(15)19/h5-8,13-14,19H,4,9-12H2,1-3H3. The molecule has 0 aliphatic carbocycles. The topological polar surface area (TPSA) is 26.7 Å². The lowest BCUT2D eigenvalue weighted by Crippen LogP contribution is -2.49. The van der Waals surface area contributed by atoms with Crippen LogP contribution < -0.4 is 0 Å². The maximum absolute atomic E-state index is 9.95. The predicted molar refractivity (Wildman–Crippen MR) is 79.4 cm³/mol. The molecule has 1 fully saturated rings. The molecule has 0 bridgehead atoms. The lowest BCUT2D eigenvalue weighted by Gasteiger charge is -2.40. The van der Waals surface area contributed by atoms with Crippen molar-refractivity contribution in [2.75, 3.05) is 26.2 Å². The highest BCUT2D eigenvalue weighted by atomic mass is 16.3. The molecule has 1 saturated heterocycles. The molecular weight excluding hydrogens is 236 g/mol. The van der Waals surface area contributed by atoms with Gasteiger partial charge in [-0.15, -0.1) is 0 Å². The van der Waals surface area contributed by atoms with E-state index in [0.29, 0.717) is 17.8 Å². The third-order valence-corrected chi connectivity index (χ3v) is 4.50. The molecule has 1 aliphatic heterocycles. The average Bonchev–Trinajstić information content (AvgIpc) is 2.46. The van der Waals surface area contributed by atoms with Gasteiger partial charge in [-0.2, -0.15) is 0 Å². The first kappa shape index (κ1) is 14.4. The molecule has 19 heavy (non-hydrogen) atoms. The normalized spacial score (nSPS) is 21.2. The van der Waals surface area contributed by atoms with Gasteiger partial charge in [-0.1, -0.05) is 25.1 Å². The van der Waals surface area contributed by atoms with E-state index in [0.717, 1.165) is 31.7 Å². The Morgan fingerprint density at radius 2 is 1.63 bits per heavy atom. The second kappa shape index (κ2) is 6.40. The molecule has 106 valence electrons. The number of aromatic hydroxyl groups is 1. The Bertz CT molecular complexity index is 399. The zero-order chi connectivity index (χ0) is 13.8. The first-order valence-electron chi connectivity index (χ1n) is 7.39. The summed E-state index contributed by atoms with van der Waals surface area (Å²) in [7, 11) is 0. The summed E-state index contributed by atoms with van der Waals surface area (Å²) in [6, 6.07) is 8.67. The molecule has 0 radical (unpaired) electrons. The van der Waals surface area contributed by atoms with Crippen LogP contribution in [0.4, 0.5) is 0 Å². The van der Waals surface area contributed by atoms with E-state index in [4.69, 9.17) is 0 Å². The number of benzene rings is 1. The number of piperazine rings is 1. The van der Waals surface area contributed by atoms with E-state index >= 15 is 0 Å². The fourth-order valence-corrected chi connectivity index (χ4v) is 2.86. The Labute approximate surface area is 116 Å². The molecule has 3 nitrogen and oxygen atoms in total. The number of rotatable bonds is 4. The van der Waals surface area contributed by atoms with Crippen LogP contribution in [0.15, 0.2) is 24.3 Å². The molecule has 1 aliphatic rings. The highest BCUT2D eigenvalue weighted by Crippen LogP contribution is 2.28. The molecule has 2 atom stereocenters. The Balaban J connectivity index is 1.96. The van der Waals surface area contributed by atoms with E-state index in [1.807, 2.05) is 18.2 Å². The van der Waals surface area contributed by atoms with Gasteiger partial charge in [0.15, 0.2) is 0 Å². The van der Waals surface area contributed by atoms with Gasteiger partial charge in [0, 0.05) is 43.8 Å². The molecule has 0 spiro atoms. The van der Waals surface area contributed by atoms with Crippen molar-refractivity contribution in [1.29, 1.82) is 0 Å². The molecule has 3 heteroatoms. The first-order valence-corrected chi connectivity index (χ1v) is 7.39. The van der Waals surface area contributed by atoms with Crippen molar-refractivity contribution in [3.8, 4) is 5.75 Å². The first-order chi connectivity index (χ1) is 9.13. The van der Waals surface area contributed by atoms with E-state index in [1.54, 1.807) is 6.07 Å². The highest BCUT2D eigenvalue weighted by Gasteiger charge is 2.24. The van der Waals surface area contributed by atoms with Crippen LogP contribution in [0, 0.1) is 0 Å². The molecule has 0 aromatic heterocycles. The summed E-state index contributed by atoms with van der Waals surface area (Å²) in [6.45, 7) is 11.2. The van der Waals surface area contributed by atoms with Crippen molar-refractivity contribution in [3.05, 3.63) is 29.8 Å². The molecule has 1 N–H and O–H groups in total. The molecule has 0 saturated carbocycles. The van der Waals surface area contributed by atoms with Crippen molar-refractivity contribution in [2.24, 2.45) is 0 Å². The highest BCUT2D eigenvalue weighted by molar-refractivity contribution is 5.34. The van der Waals surface area contributed by atoms with E-state index in [2.05, 4.69) is 30.6 Å². The summed E-state index contributed by atoms with van der Waals surface area (Å²) in [5.41, 5.74) is 1.04. The Kier molecular flexibility index (Phi) is 4.83. The van der Waals surface area contributed by atoms with Gasteiger partial charge in [-0.05, 0) is 26.3 Å². The monoisotopic (exact) mass is 262 g/mol. The molecule has 2 unspecified atom stereocenters. The van der Waals surface area contributed by atoms with E-state index in [-0.39, 0.29) is 0 Å². The summed E-state index contributed by atoms with van der Waals surface area (Å²) in [4.78, 5) is 5.03. The zero-order valence-electron chi connectivity index (χ0n) is 12.3. The van der Waals surface area contributed by atoms with Gasteiger partial charge in [-0.25, -0.2) is 0 Å². The minimum Gasteiger partial charge on any atom is -0.508 e. The predicted octanol–water partition coefficient (Wildman–Crippen LogP) is 2.87. The fraction of sp³-hybridized carbons (Fsp3) is 0.625. The van der Waals surface area contributed by atoms with Crippen molar-refractivity contribution in [2.45, 2.75) is 39.3 Å². The van der Waals surface area contributed by atoms with Gasteiger partial charge < -0.3 is 5.11 Å². The summed E-state index contributed by atoms with van der Waals surface area (Å²) in [5, 5.41) is 9.95. The van der Waals surface area contributed by atoms with E-state index < -0.39 is 0 Å². The molecule has 2 rings (SSSR count). The summed E-state index contributed by atoms with van der Waals surface area (Å²) < 4.78 is 0. The smallest absolute Gasteiger partial charge is 0.120 e. The number of para-hydroxylation sites is 1. The van der Waals surface area contributed by atoms with Crippen molar-refractivity contribution in [3.63, 3.8) is 0 Å². The van der Waals surface area contributed by atoms with E-state index in [9.17, 15) is 5.11 Å². The minimum atomic E-state index is 0.292. The largest absolute Gasteiger partial charge is 0.508 e. The SMILES string of the molecule is CCC(C)N1CCN(C(C)c2ccccc2O)CC1. The van der Waals surface area contributed by atoms with Crippen LogP contribution >= 0.6 is 0 Å². The lowest BCUT2D eigenvalue weighted by molar-refractivity contribution is 0.0766. The van der Waals surface area contributed by atoms with Crippen LogP contribution in [-0.4, -0.2) is 47.1 Å². The Hall–Kier alpha value is -1.06. The minimum absolute atomic E-state index is 0.292. The van der Waals surface area contributed by atoms with E-state index in [1.165, 1.54) is 6.42 Å². The third-order valence-electron chi connectivity index (χ3n) is 4.50. The van der Waals surface area contributed by atoms with Crippen molar-refractivity contribution >= 4 is 0 Å². The van der Waals surface area contributed by atoms with Gasteiger partial charge in [0.05, 0.1) is 0 Å². The number of hydrogen-bond acceptors (Lipinski definition) is 3. The number of hydrogen-bond donors (Lipinski definition) is 1. The van der Waals surface area contributed by atoms with Gasteiger partial charge in [0.1, 0.15) is 5.75 Å². The van der Waals surface area contributed by atoms with Gasteiger partial charge >= 0.3 is 0 Å². The number of phenols is 1. The summed E-state index contributed by atoms with van der Waals surface area (Å²) in [6.07, 6.45) is 1.22. The quantitative estimate of drug-likeness (QED) is 0.904. The van der Waals surface area contributed by atoms with Gasteiger partial charge in [0.25, 0.3) is 0 Å². The summed E-state index contributed by atoms with van der Waals surface area (Å²) >= 11 is 0. The van der Waals surface area contributed by atoms with Gasteiger partial charge in [-0.3, -0.25) is 9.80 Å². The van der Waals surface area contributed by atoms with Crippen molar-refractivity contribution in [1.82, 2.24) is 9.80 Å². The number of nitrogens with zero attached hydrogens (tertiary/aromatic N) is 2. The maximum atomic E-state index is 9.95. The third kappa shape index (κ3) is 3.28. The summed E-state index contributed by atoms with van der Waals surface area (Å²) in [5.74, 6) is 0.416. The Morgan fingerprint density at radius 3 is 2.21 bits per heavy atom. The Morgan fingerprint density at radius 1 is 1.05 bits per heavy atom. The van der Waals surface area contributed by atoms with Crippen LogP contribution in [0.2, 0.25) is 0 Å². The second-order valence-electron chi connectivity index (χ2n) is 5.56. The van der Waals surface area contributed by atoms with Crippen LogP contribution in [0.3, 0.4) is 0 Å². The maximum Gasteiger partial charge on any atom is 0.120 e. The number of phenolic OH excluding ortho intramolecular Hbond substituents is 1. The van der Waals surface area contributed by atoms with Crippen LogP contribution in [0.5, 0.6) is 5.75 Å². The lowest BCUT2D eigenvalue weighted by atomic mass is 10.0. The molecular formula is C16H26N2O. The average molecular weight is 262 g/mol. The zero-order valence-corrected chi connectivity index (χ0v) is 12.3. The van der Waals surface area contributed by atoms with Gasteiger partial charge in [0.2, 0.25) is 0 Å².